The molecule has 0 spiro atoms. The average molecular weight is 325 g/mol. The van der Waals surface area contributed by atoms with Gasteiger partial charge in [-0.25, -0.2) is 13.4 Å². The van der Waals surface area contributed by atoms with Crippen LogP contribution in [-0.4, -0.2) is 41.5 Å². The summed E-state index contributed by atoms with van der Waals surface area (Å²) >= 11 is 6.77. The van der Waals surface area contributed by atoms with E-state index in [1.807, 2.05) is 0 Å². The second-order valence-corrected chi connectivity index (χ2v) is 8.50. The van der Waals surface area contributed by atoms with E-state index in [0.717, 1.165) is 24.2 Å². The lowest BCUT2D eigenvalue weighted by Gasteiger charge is -2.24. The van der Waals surface area contributed by atoms with E-state index in [1.165, 1.54) is 4.31 Å². The summed E-state index contributed by atoms with van der Waals surface area (Å²) in [4.78, 5) is 3.96. The molecule has 0 aliphatic carbocycles. The van der Waals surface area contributed by atoms with Gasteiger partial charge in [0.05, 0.1) is 11.8 Å². The molecule has 1 aromatic rings. The number of aliphatic hydroxyl groups excluding tert-OH is 1. The zero-order chi connectivity index (χ0) is 14.2. The third-order valence-electron chi connectivity index (χ3n) is 3.21. The van der Waals surface area contributed by atoms with Gasteiger partial charge in [-0.15, -0.1) is 0 Å². The molecule has 0 saturated carbocycles. The maximum atomic E-state index is 12.6. The molecule has 2 atom stereocenters. The fourth-order valence-corrected chi connectivity index (χ4v) is 6.01. The van der Waals surface area contributed by atoms with Crippen LogP contribution in [0.5, 0.6) is 0 Å². The van der Waals surface area contributed by atoms with Gasteiger partial charge in [0.1, 0.15) is 0 Å². The third kappa shape index (κ3) is 3.11. The highest BCUT2D eigenvalue weighted by Crippen LogP contribution is 2.34. The van der Waals surface area contributed by atoms with Crippen LogP contribution in [0.25, 0.3) is 0 Å². The predicted octanol–water partition coefficient (Wildman–Crippen LogP) is 2.03. The molecule has 108 valence electrons. The lowest BCUT2D eigenvalue weighted by atomic mass is 10.1. The van der Waals surface area contributed by atoms with Crippen molar-refractivity contribution < 1.29 is 13.5 Å². The van der Waals surface area contributed by atoms with E-state index in [4.69, 9.17) is 11.6 Å². The summed E-state index contributed by atoms with van der Waals surface area (Å²) in [5.74, 6) is 0. The number of rotatable bonds is 4. The standard InChI is InChI=1S/C11H17ClN2O3S2/c1-7(15)6-9-4-3-5-14(9)19(16,17)10-8(2)13-11(12)18-10/h7,9,15H,3-6H2,1-2H3. The molecule has 8 heteroatoms. The van der Waals surface area contributed by atoms with Crippen molar-refractivity contribution in [1.82, 2.24) is 9.29 Å². The smallest absolute Gasteiger partial charge is 0.254 e. The number of aliphatic hydroxyl groups is 1. The van der Waals surface area contributed by atoms with Crippen molar-refractivity contribution in [3.8, 4) is 0 Å². The second kappa shape index (κ2) is 5.65. The highest BCUT2D eigenvalue weighted by molar-refractivity contribution is 7.91. The Kier molecular flexibility index (Phi) is 4.52. The average Bonchev–Trinajstić information content (AvgIpc) is 2.84. The Morgan fingerprint density at radius 3 is 2.84 bits per heavy atom. The molecule has 1 aromatic heterocycles. The van der Waals surface area contributed by atoms with Crippen molar-refractivity contribution in [1.29, 1.82) is 0 Å². The number of hydrogen-bond donors (Lipinski definition) is 1. The van der Waals surface area contributed by atoms with E-state index < -0.39 is 16.1 Å². The van der Waals surface area contributed by atoms with Crippen LogP contribution in [0.2, 0.25) is 4.47 Å². The number of aromatic nitrogens is 1. The second-order valence-electron chi connectivity index (χ2n) is 4.84. The van der Waals surface area contributed by atoms with Gasteiger partial charge in [-0.3, -0.25) is 0 Å². The van der Waals surface area contributed by atoms with Crippen LogP contribution < -0.4 is 0 Å². The van der Waals surface area contributed by atoms with Gasteiger partial charge in [-0.1, -0.05) is 22.9 Å². The summed E-state index contributed by atoms with van der Waals surface area (Å²) in [6, 6.07) is -0.134. The van der Waals surface area contributed by atoms with E-state index in [9.17, 15) is 13.5 Å². The Morgan fingerprint density at radius 1 is 1.63 bits per heavy atom. The van der Waals surface area contributed by atoms with Crippen molar-refractivity contribution in [2.24, 2.45) is 0 Å². The Labute approximate surface area is 122 Å². The highest BCUT2D eigenvalue weighted by atomic mass is 35.5. The molecule has 1 saturated heterocycles. The highest BCUT2D eigenvalue weighted by Gasteiger charge is 2.37. The van der Waals surface area contributed by atoms with Gasteiger partial charge in [0, 0.05) is 12.6 Å². The minimum Gasteiger partial charge on any atom is -0.393 e. The summed E-state index contributed by atoms with van der Waals surface area (Å²) < 4.78 is 27.2. The monoisotopic (exact) mass is 324 g/mol. The minimum atomic E-state index is -3.55. The minimum absolute atomic E-state index is 0.134. The number of thiazole rings is 1. The molecule has 19 heavy (non-hydrogen) atoms. The van der Waals surface area contributed by atoms with Gasteiger partial charge in [0.15, 0.2) is 8.68 Å². The van der Waals surface area contributed by atoms with E-state index in [0.29, 0.717) is 18.7 Å². The molecule has 0 bridgehead atoms. The van der Waals surface area contributed by atoms with Crippen LogP contribution in [-0.2, 0) is 10.0 Å². The van der Waals surface area contributed by atoms with Gasteiger partial charge < -0.3 is 5.11 Å². The number of aryl methyl sites for hydroxylation is 1. The molecule has 1 N–H and O–H groups in total. The first-order valence-corrected chi connectivity index (χ1v) is 8.78. The fraction of sp³-hybridized carbons (Fsp3) is 0.727. The van der Waals surface area contributed by atoms with Crippen molar-refractivity contribution in [2.75, 3.05) is 6.54 Å². The van der Waals surface area contributed by atoms with Gasteiger partial charge in [-0.2, -0.15) is 4.31 Å². The molecule has 2 unspecified atom stereocenters. The molecule has 0 amide bonds. The first-order valence-electron chi connectivity index (χ1n) is 6.15. The summed E-state index contributed by atoms with van der Waals surface area (Å²) in [5, 5.41) is 9.47. The van der Waals surface area contributed by atoms with Gasteiger partial charge >= 0.3 is 0 Å². The molecule has 2 heterocycles. The molecule has 1 aliphatic heterocycles. The van der Waals surface area contributed by atoms with Crippen LogP contribution in [0.3, 0.4) is 0 Å². The van der Waals surface area contributed by atoms with Gasteiger partial charge in [0.2, 0.25) is 0 Å². The van der Waals surface area contributed by atoms with Gasteiger partial charge in [0.25, 0.3) is 10.0 Å². The van der Waals surface area contributed by atoms with E-state index in [1.54, 1.807) is 13.8 Å². The first-order chi connectivity index (χ1) is 8.82. The Bertz CT molecular complexity index is 556. The molecule has 2 rings (SSSR count). The summed E-state index contributed by atoms with van der Waals surface area (Å²) in [5.41, 5.74) is 0.442. The molecule has 1 aliphatic rings. The SMILES string of the molecule is Cc1nc(Cl)sc1S(=O)(=O)N1CCCC1CC(C)O. The molecule has 1 fully saturated rings. The van der Waals surface area contributed by atoms with Crippen molar-refractivity contribution in [3.05, 3.63) is 10.2 Å². The van der Waals surface area contributed by atoms with Crippen LogP contribution in [0.1, 0.15) is 31.9 Å². The Balaban J connectivity index is 2.31. The molecule has 0 radical (unpaired) electrons. The lowest BCUT2D eigenvalue weighted by Crippen LogP contribution is -2.37. The predicted molar refractivity (Wildman–Crippen MR) is 75.1 cm³/mol. The molecular weight excluding hydrogens is 308 g/mol. The van der Waals surface area contributed by atoms with Crippen molar-refractivity contribution in [3.63, 3.8) is 0 Å². The molecular formula is C11H17ClN2O3S2. The van der Waals surface area contributed by atoms with E-state index in [2.05, 4.69) is 4.98 Å². The quantitative estimate of drug-likeness (QED) is 0.920. The topological polar surface area (TPSA) is 70.5 Å². The largest absolute Gasteiger partial charge is 0.393 e. The third-order valence-corrected chi connectivity index (χ3v) is 7.01. The van der Waals surface area contributed by atoms with Crippen LogP contribution in [0.15, 0.2) is 4.21 Å². The summed E-state index contributed by atoms with van der Waals surface area (Å²) in [6.07, 6.45) is 1.56. The Morgan fingerprint density at radius 2 is 2.32 bits per heavy atom. The summed E-state index contributed by atoms with van der Waals surface area (Å²) in [7, 11) is -3.55. The number of nitrogens with zero attached hydrogens (tertiary/aromatic N) is 2. The lowest BCUT2D eigenvalue weighted by molar-refractivity contribution is 0.158. The van der Waals surface area contributed by atoms with Crippen molar-refractivity contribution >= 4 is 33.0 Å². The van der Waals surface area contributed by atoms with Crippen molar-refractivity contribution in [2.45, 2.75) is 49.5 Å². The zero-order valence-corrected chi connectivity index (χ0v) is 13.2. The van der Waals surface area contributed by atoms with E-state index >= 15 is 0 Å². The van der Waals surface area contributed by atoms with Crippen LogP contribution in [0.4, 0.5) is 0 Å². The first kappa shape index (κ1) is 15.2. The maximum absolute atomic E-state index is 12.6. The maximum Gasteiger partial charge on any atom is 0.254 e. The zero-order valence-electron chi connectivity index (χ0n) is 10.8. The fourth-order valence-electron chi connectivity index (χ4n) is 2.45. The summed E-state index contributed by atoms with van der Waals surface area (Å²) in [6.45, 7) is 3.82. The number of halogens is 1. The van der Waals surface area contributed by atoms with Gasteiger partial charge in [-0.05, 0) is 33.1 Å². The van der Waals surface area contributed by atoms with Crippen LogP contribution >= 0.6 is 22.9 Å². The Hall–Kier alpha value is -0.210. The molecule has 5 nitrogen and oxygen atoms in total. The molecule has 0 aromatic carbocycles. The van der Waals surface area contributed by atoms with E-state index in [-0.39, 0.29) is 14.7 Å². The number of sulfonamides is 1. The van der Waals surface area contributed by atoms with Crippen LogP contribution in [0, 0.1) is 6.92 Å². The number of hydrogen-bond acceptors (Lipinski definition) is 5. The normalized spacial score (nSPS) is 22.8.